The summed E-state index contributed by atoms with van der Waals surface area (Å²) in [7, 11) is 0. The third kappa shape index (κ3) is 2.10. The Morgan fingerprint density at radius 1 is 1.53 bits per heavy atom. The monoisotopic (exact) mass is 285 g/mol. The molecule has 0 spiro atoms. The Bertz CT molecular complexity index is 656. The highest BCUT2D eigenvalue weighted by atomic mass is 35.5. The first kappa shape index (κ1) is 12.5. The van der Waals surface area contributed by atoms with Crippen LogP contribution in [0.1, 0.15) is 35.8 Å². The molecule has 19 heavy (non-hydrogen) atoms. The molecule has 1 saturated carbocycles. The summed E-state index contributed by atoms with van der Waals surface area (Å²) in [5.41, 5.74) is 0.763. The Balaban J connectivity index is 2.16. The number of nitrogens with zero attached hydrogens (tertiary/aromatic N) is 3. The standard InChI is InChI=1S/C12H10ClF2N3O/c13-11-16-5-7-3-9(6-19)18(10(7)17-11)8-1-2-12(14,15)4-8/h3,5-6,8H,1-2,4H2. The zero-order valence-electron chi connectivity index (χ0n) is 9.81. The van der Waals surface area contributed by atoms with Crippen molar-refractivity contribution in [1.29, 1.82) is 0 Å². The van der Waals surface area contributed by atoms with Gasteiger partial charge in [-0.1, -0.05) is 0 Å². The molecule has 0 saturated heterocycles. The molecule has 7 heteroatoms. The number of carbonyl (C=O) groups excluding carboxylic acids is 1. The maximum Gasteiger partial charge on any atom is 0.250 e. The molecule has 1 aliphatic rings. The summed E-state index contributed by atoms with van der Waals surface area (Å²) in [5.74, 6) is -2.68. The van der Waals surface area contributed by atoms with E-state index in [1.54, 1.807) is 10.6 Å². The van der Waals surface area contributed by atoms with Crippen LogP contribution in [0.5, 0.6) is 0 Å². The number of carbonyl (C=O) groups is 1. The Hall–Kier alpha value is -1.56. The zero-order valence-corrected chi connectivity index (χ0v) is 10.6. The van der Waals surface area contributed by atoms with Crippen molar-refractivity contribution in [2.24, 2.45) is 0 Å². The van der Waals surface area contributed by atoms with Gasteiger partial charge in [0, 0.05) is 30.5 Å². The van der Waals surface area contributed by atoms with E-state index in [1.807, 2.05) is 0 Å². The Kier molecular flexibility index (Phi) is 2.78. The minimum absolute atomic E-state index is 0.0362. The summed E-state index contributed by atoms with van der Waals surface area (Å²) < 4.78 is 28.2. The van der Waals surface area contributed by atoms with Crippen LogP contribution in [-0.4, -0.2) is 26.7 Å². The Morgan fingerprint density at radius 2 is 2.32 bits per heavy atom. The van der Waals surface area contributed by atoms with E-state index in [0.717, 1.165) is 0 Å². The number of aldehydes is 1. The molecule has 1 atom stereocenters. The molecule has 2 aromatic rings. The number of aromatic nitrogens is 3. The van der Waals surface area contributed by atoms with Gasteiger partial charge in [-0.15, -0.1) is 0 Å². The Morgan fingerprint density at radius 3 is 2.95 bits per heavy atom. The lowest BCUT2D eigenvalue weighted by atomic mass is 10.2. The molecule has 1 fully saturated rings. The van der Waals surface area contributed by atoms with Gasteiger partial charge in [-0.05, 0) is 24.1 Å². The molecular formula is C12H10ClF2N3O. The lowest BCUT2D eigenvalue weighted by Crippen LogP contribution is -2.14. The molecule has 0 radical (unpaired) electrons. The smallest absolute Gasteiger partial charge is 0.250 e. The fourth-order valence-electron chi connectivity index (χ4n) is 2.63. The summed E-state index contributed by atoms with van der Waals surface area (Å²) in [5, 5.41) is 0.663. The molecule has 0 aromatic carbocycles. The van der Waals surface area contributed by atoms with E-state index in [0.29, 0.717) is 29.4 Å². The number of fused-ring (bicyclic) bond motifs is 1. The molecule has 0 amide bonds. The minimum Gasteiger partial charge on any atom is -0.320 e. The quantitative estimate of drug-likeness (QED) is 0.628. The molecule has 1 aliphatic carbocycles. The van der Waals surface area contributed by atoms with Crippen molar-refractivity contribution < 1.29 is 13.6 Å². The van der Waals surface area contributed by atoms with Gasteiger partial charge in [0.05, 0.1) is 5.69 Å². The molecule has 2 aromatic heterocycles. The summed E-state index contributed by atoms with van der Waals surface area (Å²) in [6, 6.07) is 1.16. The summed E-state index contributed by atoms with van der Waals surface area (Å²) in [4.78, 5) is 19.0. The molecule has 0 N–H and O–H groups in total. The second-order valence-corrected chi connectivity index (χ2v) is 5.07. The van der Waals surface area contributed by atoms with Crippen molar-refractivity contribution in [1.82, 2.24) is 14.5 Å². The fraction of sp³-hybridized carbons (Fsp3) is 0.417. The molecule has 2 heterocycles. The van der Waals surface area contributed by atoms with E-state index in [1.165, 1.54) is 6.20 Å². The average Bonchev–Trinajstić information content (AvgIpc) is 2.88. The number of hydrogen-bond donors (Lipinski definition) is 0. The second kappa shape index (κ2) is 4.23. The summed E-state index contributed by atoms with van der Waals surface area (Å²) in [6.45, 7) is 0. The van der Waals surface area contributed by atoms with Crippen molar-refractivity contribution in [3.05, 3.63) is 23.2 Å². The van der Waals surface area contributed by atoms with Crippen LogP contribution in [0.3, 0.4) is 0 Å². The van der Waals surface area contributed by atoms with Gasteiger partial charge < -0.3 is 4.57 Å². The van der Waals surface area contributed by atoms with Crippen LogP contribution in [-0.2, 0) is 0 Å². The number of halogens is 3. The van der Waals surface area contributed by atoms with Crippen LogP contribution in [0.2, 0.25) is 5.28 Å². The largest absolute Gasteiger partial charge is 0.320 e. The van der Waals surface area contributed by atoms with E-state index in [2.05, 4.69) is 9.97 Å². The van der Waals surface area contributed by atoms with E-state index in [9.17, 15) is 13.6 Å². The van der Waals surface area contributed by atoms with Gasteiger partial charge in [-0.25, -0.2) is 13.8 Å². The zero-order chi connectivity index (χ0) is 13.6. The predicted octanol–water partition coefficient (Wildman–Crippen LogP) is 3.26. The van der Waals surface area contributed by atoms with Crippen molar-refractivity contribution in [2.75, 3.05) is 0 Å². The van der Waals surface area contributed by atoms with Crippen LogP contribution >= 0.6 is 11.6 Å². The lowest BCUT2D eigenvalue weighted by molar-refractivity contribution is 0.00570. The fourth-order valence-corrected chi connectivity index (χ4v) is 2.76. The number of hydrogen-bond acceptors (Lipinski definition) is 3. The van der Waals surface area contributed by atoms with Gasteiger partial charge in [-0.3, -0.25) is 4.79 Å². The first-order valence-corrected chi connectivity index (χ1v) is 6.24. The van der Waals surface area contributed by atoms with Gasteiger partial charge in [0.15, 0.2) is 6.29 Å². The highest BCUT2D eigenvalue weighted by molar-refractivity contribution is 6.28. The SMILES string of the molecule is O=Cc1cc2cnc(Cl)nc2n1C1CCC(F)(F)C1. The van der Waals surface area contributed by atoms with E-state index < -0.39 is 12.0 Å². The topological polar surface area (TPSA) is 47.8 Å². The van der Waals surface area contributed by atoms with Crippen molar-refractivity contribution in [3.63, 3.8) is 0 Å². The third-order valence-electron chi connectivity index (χ3n) is 3.44. The molecule has 1 unspecified atom stereocenters. The molecule has 100 valence electrons. The van der Waals surface area contributed by atoms with E-state index in [-0.39, 0.29) is 18.1 Å². The normalized spacial score (nSPS) is 21.9. The molecule has 4 nitrogen and oxygen atoms in total. The maximum atomic E-state index is 13.3. The molecule has 0 aliphatic heterocycles. The Labute approximate surface area is 112 Å². The lowest BCUT2D eigenvalue weighted by Gasteiger charge is -2.15. The van der Waals surface area contributed by atoms with Gasteiger partial charge in [0.1, 0.15) is 5.65 Å². The molecule has 0 bridgehead atoms. The van der Waals surface area contributed by atoms with Crippen molar-refractivity contribution >= 4 is 28.9 Å². The average molecular weight is 286 g/mol. The van der Waals surface area contributed by atoms with Gasteiger partial charge in [0.25, 0.3) is 0 Å². The summed E-state index contributed by atoms with van der Waals surface area (Å²) >= 11 is 5.73. The predicted molar refractivity (Wildman–Crippen MR) is 65.8 cm³/mol. The second-order valence-electron chi connectivity index (χ2n) is 4.73. The minimum atomic E-state index is -2.68. The van der Waals surface area contributed by atoms with Crippen molar-refractivity contribution in [3.8, 4) is 0 Å². The third-order valence-corrected chi connectivity index (χ3v) is 3.62. The number of rotatable bonds is 2. The van der Waals surface area contributed by atoms with Gasteiger partial charge in [-0.2, -0.15) is 4.98 Å². The van der Waals surface area contributed by atoms with E-state index >= 15 is 0 Å². The van der Waals surface area contributed by atoms with Gasteiger partial charge >= 0.3 is 0 Å². The molecular weight excluding hydrogens is 276 g/mol. The first-order valence-electron chi connectivity index (χ1n) is 5.87. The highest BCUT2D eigenvalue weighted by Crippen LogP contribution is 2.43. The maximum absolute atomic E-state index is 13.3. The van der Waals surface area contributed by atoms with Crippen molar-refractivity contribution in [2.45, 2.75) is 31.2 Å². The van der Waals surface area contributed by atoms with Crippen LogP contribution in [0.4, 0.5) is 8.78 Å². The van der Waals surface area contributed by atoms with E-state index in [4.69, 9.17) is 11.6 Å². The first-order chi connectivity index (χ1) is 9.00. The molecule has 3 rings (SSSR count). The highest BCUT2D eigenvalue weighted by Gasteiger charge is 2.41. The van der Waals surface area contributed by atoms with Gasteiger partial charge in [0.2, 0.25) is 11.2 Å². The van der Waals surface area contributed by atoms with Crippen LogP contribution in [0.15, 0.2) is 12.3 Å². The van der Waals surface area contributed by atoms with Crippen LogP contribution < -0.4 is 0 Å². The summed E-state index contributed by atoms with van der Waals surface area (Å²) in [6.07, 6.45) is 2.00. The van der Waals surface area contributed by atoms with Crippen LogP contribution in [0.25, 0.3) is 11.0 Å². The number of alkyl halides is 2. The van der Waals surface area contributed by atoms with Crippen LogP contribution in [0, 0.1) is 0 Å².